The Balaban J connectivity index is 1.96. The van der Waals surface area contributed by atoms with Crippen LogP contribution in [-0.2, 0) is 13.0 Å². The molecule has 0 saturated carbocycles. The fourth-order valence-electron chi connectivity index (χ4n) is 3.65. The van der Waals surface area contributed by atoms with Crippen LogP contribution in [0.1, 0.15) is 48.4 Å². The van der Waals surface area contributed by atoms with Crippen LogP contribution in [0.25, 0.3) is 0 Å². The Morgan fingerprint density at radius 1 is 1.20 bits per heavy atom. The summed E-state index contributed by atoms with van der Waals surface area (Å²) in [5.74, 6) is 1.13. The molecule has 0 spiro atoms. The molecule has 0 saturated heterocycles. The SMILES string of the molecule is C=CC(=C)N1Cc2cc(CCC(C)C)ccc2C(c2ccccc2)C1. The monoisotopic (exact) mass is 331 g/mol. The van der Waals surface area contributed by atoms with Gasteiger partial charge in [0.05, 0.1) is 0 Å². The van der Waals surface area contributed by atoms with Crippen molar-refractivity contribution in [1.82, 2.24) is 4.90 Å². The molecule has 1 heteroatoms. The van der Waals surface area contributed by atoms with Gasteiger partial charge in [-0.05, 0) is 47.1 Å². The first-order valence-electron chi connectivity index (χ1n) is 9.31. The number of nitrogens with zero attached hydrogens (tertiary/aromatic N) is 1. The third-order valence-corrected chi connectivity index (χ3v) is 5.20. The Morgan fingerprint density at radius 2 is 1.96 bits per heavy atom. The van der Waals surface area contributed by atoms with E-state index in [4.69, 9.17) is 0 Å². The Morgan fingerprint density at radius 3 is 2.64 bits per heavy atom. The van der Waals surface area contributed by atoms with Crippen molar-refractivity contribution in [2.75, 3.05) is 6.54 Å². The summed E-state index contributed by atoms with van der Waals surface area (Å²) in [7, 11) is 0. The third kappa shape index (κ3) is 4.04. The zero-order chi connectivity index (χ0) is 17.8. The van der Waals surface area contributed by atoms with E-state index in [-0.39, 0.29) is 0 Å². The molecule has 1 atom stereocenters. The van der Waals surface area contributed by atoms with Gasteiger partial charge in [-0.2, -0.15) is 0 Å². The zero-order valence-corrected chi connectivity index (χ0v) is 15.5. The van der Waals surface area contributed by atoms with Gasteiger partial charge in [-0.25, -0.2) is 0 Å². The van der Waals surface area contributed by atoms with Crippen LogP contribution in [-0.4, -0.2) is 11.4 Å². The van der Waals surface area contributed by atoms with Crippen LogP contribution >= 0.6 is 0 Å². The Bertz CT molecular complexity index is 742. The van der Waals surface area contributed by atoms with Crippen LogP contribution in [0.5, 0.6) is 0 Å². The second-order valence-electron chi connectivity index (χ2n) is 7.50. The van der Waals surface area contributed by atoms with Crippen molar-refractivity contribution < 1.29 is 0 Å². The Hall–Kier alpha value is -2.28. The van der Waals surface area contributed by atoms with Gasteiger partial charge in [0.25, 0.3) is 0 Å². The van der Waals surface area contributed by atoms with Gasteiger partial charge in [0.15, 0.2) is 0 Å². The summed E-state index contributed by atoms with van der Waals surface area (Å²) < 4.78 is 0. The second kappa shape index (κ2) is 7.74. The topological polar surface area (TPSA) is 3.24 Å². The van der Waals surface area contributed by atoms with Gasteiger partial charge in [0, 0.05) is 24.7 Å². The van der Waals surface area contributed by atoms with E-state index in [0.717, 1.165) is 31.1 Å². The first-order valence-corrected chi connectivity index (χ1v) is 9.31. The Kier molecular flexibility index (Phi) is 5.43. The molecule has 1 unspecified atom stereocenters. The first-order chi connectivity index (χ1) is 12.1. The van der Waals surface area contributed by atoms with Crippen molar-refractivity contribution >= 4 is 0 Å². The van der Waals surface area contributed by atoms with Gasteiger partial charge in [-0.3, -0.25) is 0 Å². The molecule has 2 aromatic rings. The van der Waals surface area contributed by atoms with Crippen molar-refractivity contribution in [3.8, 4) is 0 Å². The molecule has 0 fully saturated rings. The van der Waals surface area contributed by atoms with E-state index < -0.39 is 0 Å². The van der Waals surface area contributed by atoms with Gasteiger partial charge in [0.2, 0.25) is 0 Å². The molecule has 1 nitrogen and oxygen atoms in total. The smallest absolute Gasteiger partial charge is 0.0432 e. The van der Waals surface area contributed by atoms with Crippen LogP contribution in [0.15, 0.2) is 73.5 Å². The summed E-state index contributed by atoms with van der Waals surface area (Å²) in [4.78, 5) is 2.36. The third-order valence-electron chi connectivity index (χ3n) is 5.20. The fraction of sp³-hybridized carbons (Fsp3) is 0.333. The van der Waals surface area contributed by atoms with Crippen LogP contribution in [0, 0.1) is 5.92 Å². The Labute approximate surface area is 152 Å². The van der Waals surface area contributed by atoms with Gasteiger partial charge in [-0.1, -0.05) is 75.5 Å². The molecule has 2 aromatic carbocycles. The molecule has 3 rings (SSSR count). The molecule has 0 bridgehead atoms. The molecular formula is C24H29N. The summed E-state index contributed by atoms with van der Waals surface area (Å²) in [6.07, 6.45) is 4.27. The minimum Gasteiger partial charge on any atom is -0.367 e. The van der Waals surface area contributed by atoms with E-state index in [0.29, 0.717) is 5.92 Å². The average Bonchev–Trinajstić information content (AvgIpc) is 2.65. The minimum atomic E-state index is 0.390. The highest BCUT2D eigenvalue weighted by Gasteiger charge is 2.26. The predicted molar refractivity (Wildman–Crippen MR) is 108 cm³/mol. The fourth-order valence-corrected chi connectivity index (χ4v) is 3.65. The highest BCUT2D eigenvalue weighted by molar-refractivity contribution is 5.43. The summed E-state index contributed by atoms with van der Waals surface area (Å²) in [5.41, 5.74) is 6.74. The van der Waals surface area contributed by atoms with Crippen molar-refractivity contribution in [3.05, 3.63) is 95.7 Å². The summed E-state index contributed by atoms with van der Waals surface area (Å²) >= 11 is 0. The summed E-state index contributed by atoms with van der Waals surface area (Å²) in [6, 6.07) is 17.9. The lowest BCUT2D eigenvalue weighted by atomic mass is 9.83. The van der Waals surface area contributed by atoms with Crippen molar-refractivity contribution in [2.45, 2.75) is 39.2 Å². The maximum Gasteiger partial charge on any atom is 0.0432 e. The van der Waals surface area contributed by atoms with Crippen LogP contribution in [0.2, 0.25) is 0 Å². The van der Waals surface area contributed by atoms with Gasteiger partial charge in [-0.15, -0.1) is 0 Å². The van der Waals surface area contributed by atoms with Crippen molar-refractivity contribution in [3.63, 3.8) is 0 Å². The molecule has 0 radical (unpaired) electrons. The highest BCUT2D eigenvalue weighted by Crippen LogP contribution is 2.35. The van der Waals surface area contributed by atoms with E-state index in [2.05, 4.69) is 80.4 Å². The molecule has 1 heterocycles. The van der Waals surface area contributed by atoms with E-state index in [1.165, 1.54) is 28.7 Å². The second-order valence-corrected chi connectivity index (χ2v) is 7.50. The number of fused-ring (bicyclic) bond motifs is 1. The van der Waals surface area contributed by atoms with Gasteiger partial charge < -0.3 is 4.90 Å². The van der Waals surface area contributed by atoms with Crippen LogP contribution in [0.3, 0.4) is 0 Å². The summed E-state index contributed by atoms with van der Waals surface area (Å²) in [6.45, 7) is 14.6. The molecule has 130 valence electrons. The average molecular weight is 332 g/mol. The predicted octanol–water partition coefficient (Wildman–Crippen LogP) is 5.92. The lowest BCUT2D eigenvalue weighted by Gasteiger charge is -2.37. The molecule has 0 aromatic heterocycles. The number of allylic oxidation sites excluding steroid dienone is 1. The molecule has 0 aliphatic carbocycles. The quantitative estimate of drug-likeness (QED) is 0.594. The minimum absolute atomic E-state index is 0.390. The molecule has 1 aliphatic rings. The molecule has 25 heavy (non-hydrogen) atoms. The number of benzene rings is 2. The molecule has 1 aliphatic heterocycles. The van der Waals surface area contributed by atoms with E-state index in [1.54, 1.807) is 0 Å². The van der Waals surface area contributed by atoms with Gasteiger partial charge >= 0.3 is 0 Å². The number of rotatable bonds is 6. The standard InChI is InChI=1S/C24H29N/c1-5-19(4)25-16-22-15-20(12-11-18(2)3)13-14-23(22)24(17-25)21-9-7-6-8-10-21/h5-10,13-15,18,24H,1,4,11-12,16-17H2,2-3H3. The highest BCUT2D eigenvalue weighted by atomic mass is 15.1. The number of hydrogen-bond donors (Lipinski definition) is 0. The maximum absolute atomic E-state index is 4.19. The number of aryl methyl sites for hydroxylation is 1. The molecular weight excluding hydrogens is 302 g/mol. The van der Waals surface area contributed by atoms with Crippen molar-refractivity contribution in [2.24, 2.45) is 5.92 Å². The van der Waals surface area contributed by atoms with E-state index in [9.17, 15) is 0 Å². The molecule has 0 amide bonds. The van der Waals surface area contributed by atoms with Crippen LogP contribution < -0.4 is 0 Å². The van der Waals surface area contributed by atoms with Gasteiger partial charge in [0.1, 0.15) is 0 Å². The lowest BCUT2D eigenvalue weighted by molar-refractivity contribution is 0.314. The maximum atomic E-state index is 4.19. The summed E-state index contributed by atoms with van der Waals surface area (Å²) in [5, 5.41) is 0. The van der Waals surface area contributed by atoms with Crippen LogP contribution in [0.4, 0.5) is 0 Å². The molecule has 0 N–H and O–H groups in total. The van der Waals surface area contributed by atoms with Crippen molar-refractivity contribution in [1.29, 1.82) is 0 Å². The normalized spacial score (nSPS) is 16.6. The largest absolute Gasteiger partial charge is 0.367 e. The van der Waals surface area contributed by atoms with E-state index in [1.807, 2.05) is 6.08 Å². The first kappa shape index (κ1) is 17.5. The van der Waals surface area contributed by atoms with E-state index >= 15 is 0 Å². The zero-order valence-electron chi connectivity index (χ0n) is 15.5. The number of hydrogen-bond acceptors (Lipinski definition) is 1. The lowest BCUT2D eigenvalue weighted by Crippen LogP contribution is -2.33.